The minimum atomic E-state index is 0.212. The Morgan fingerprint density at radius 1 is 1.26 bits per heavy atom. The van der Waals surface area contributed by atoms with Crippen molar-refractivity contribution in [2.75, 3.05) is 0 Å². The molecule has 0 amide bonds. The van der Waals surface area contributed by atoms with Gasteiger partial charge in [-0.05, 0) is 37.8 Å². The summed E-state index contributed by atoms with van der Waals surface area (Å²) in [6, 6.07) is 6.38. The standard InChI is InChI=1S/C17H22O2/c1-12-7-8-17-14(9-12)11-15(19-17)10-13-5-3-2-4-6-16(13)18/h7-9,13,15H,2-6,10-11H2,1H3. The van der Waals surface area contributed by atoms with Crippen molar-refractivity contribution in [2.45, 2.75) is 58.0 Å². The molecule has 2 heteroatoms. The summed E-state index contributed by atoms with van der Waals surface area (Å²) in [4.78, 5) is 12.1. The van der Waals surface area contributed by atoms with Gasteiger partial charge in [-0.25, -0.2) is 0 Å². The second-order valence-corrected chi connectivity index (χ2v) is 6.05. The van der Waals surface area contributed by atoms with Gasteiger partial charge >= 0.3 is 0 Å². The first-order chi connectivity index (χ1) is 9.22. The molecule has 1 aromatic carbocycles. The van der Waals surface area contributed by atoms with Crippen molar-refractivity contribution in [3.8, 4) is 5.75 Å². The van der Waals surface area contributed by atoms with Gasteiger partial charge in [0.15, 0.2) is 0 Å². The Kier molecular flexibility index (Phi) is 3.58. The highest BCUT2D eigenvalue weighted by molar-refractivity contribution is 5.81. The number of fused-ring (bicyclic) bond motifs is 1. The van der Waals surface area contributed by atoms with E-state index in [1.807, 2.05) is 0 Å². The van der Waals surface area contributed by atoms with Crippen LogP contribution in [-0.2, 0) is 11.2 Å². The molecule has 2 nitrogen and oxygen atoms in total. The van der Waals surface area contributed by atoms with E-state index >= 15 is 0 Å². The minimum Gasteiger partial charge on any atom is -0.490 e. The van der Waals surface area contributed by atoms with Crippen LogP contribution in [0.1, 0.15) is 49.7 Å². The largest absolute Gasteiger partial charge is 0.490 e. The summed E-state index contributed by atoms with van der Waals surface area (Å²) in [6.07, 6.45) is 7.44. The number of ketones is 1. The molecule has 0 N–H and O–H groups in total. The maximum absolute atomic E-state index is 12.1. The Labute approximate surface area is 115 Å². The second-order valence-electron chi connectivity index (χ2n) is 6.05. The van der Waals surface area contributed by atoms with Gasteiger partial charge < -0.3 is 4.74 Å². The van der Waals surface area contributed by atoms with E-state index in [9.17, 15) is 4.79 Å². The SMILES string of the molecule is Cc1ccc2c(c1)CC(CC1CCCCCC1=O)O2. The van der Waals surface area contributed by atoms with Crippen LogP contribution in [0.25, 0.3) is 0 Å². The molecule has 1 aliphatic heterocycles. The number of carbonyl (C=O) groups excluding carboxylic acids is 1. The predicted octanol–water partition coefficient (Wildman–Crippen LogP) is 3.84. The summed E-state index contributed by atoms with van der Waals surface area (Å²) in [5.41, 5.74) is 2.60. The molecule has 0 bridgehead atoms. The number of rotatable bonds is 2. The third-order valence-electron chi connectivity index (χ3n) is 4.44. The van der Waals surface area contributed by atoms with E-state index in [1.165, 1.54) is 24.0 Å². The van der Waals surface area contributed by atoms with Crippen molar-refractivity contribution in [1.82, 2.24) is 0 Å². The molecule has 0 radical (unpaired) electrons. The maximum Gasteiger partial charge on any atom is 0.136 e. The smallest absolute Gasteiger partial charge is 0.136 e. The van der Waals surface area contributed by atoms with Crippen LogP contribution in [0, 0.1) is 12.8 Å². The molecular weight excluding hydrogens is 236 g/mol. The van der Waals surface area contributed by atoms with Gasteiger partial charge in [0.1, 0.15) is 17.6 Å². The zero-order valence-corrected chi connectivity index (χ0v) is 11.7. The molecule has 19 heavy (non-hydrogen) atoms. The molecule has 1 aromatic rings. The van der Waals surface area contributed by atoms with E-state index in [1.54, 1.807) is 0 Å². The minimum absolute atomic E-state index is 0.212. The van der Waals surface area contributed by atoms with Crippen LogP contribution < -0.4 is 4.74 Å². The van der Waals surface area contributed by atoms with Gasteiger partial charge in [-0.2, -0.15) is 0 Å². The van der Waals surface area contributed by atoms with Crippen LogP contribution in [0.4, 0.5) is 0 Å². The zero-order chi connectivity index (χ0) is 13.2. The van der Waals surface area contributed by atoms with Crippen molar-refractivity contribution in [3.63, 3.8) is 0 Å². The molecule has 1 saturated carbocycles. The third kappa shape index (κ3) is 2.83. The van der Waals surface area contributed by atoms with Gasteiger partial charge in [0.25, 0.3) is 0 Å². The first-order valence-corrected chi connectivity index (χ1v) is 7.51. The Hall–Kier alpha value is -1.31. The normalized spacial score (nSPS) is 26.7. The maximum atomic E-state index is 12.1. The van der Waals surface area contributed by atoms with E-state index in [2.05, 4.69) is 25.1 Å². The lowest BCUT2D eigenvalue weighted by Crippen LogP contribution is -2.23. The number of carbonyl (C=O) groups is 1. The summed E-state index contributed by atoms with van der Waals surface area (Å²) in [6.45, 7) is 2.11. The molecule has 102 valence electrons. The molecule has 1 heterocycles. The van der Waals surface area contributed by atoms with Gasteiger partial charge in [0, 0.05) is 18.8 Å². The second kappa shape index (κ2) is 5.36. The molecule has 0 spiro atoms. The van der Waals surface area contributed by atoms with Gasteiger partial charge in [0.2, 0.25) is 0 Å². The molecule has 0 saturated heterocycles. The fraction of sp³-hybridized carbons (Fsp3) is 0.588. The number of aryl methyl sites for hydroxylation is 1. The van der Waals surface area contributed by atoms with Gasteiger partial charge in [-0.15, -0.1) is 0 Å². The lowest BCUT2D eigenvalue weighted by Gasteiger charge is -2.17. The predicted molar refractivity (Wildman–Crippen MR) is 75.5 cm³/mol. The van der Waals surface area contributed by atoms with E-state index in [4.69, 9.17) is 4.74 Å². The Morgan fingerprint density at radius 2 is 2.16 bits per heavy atom. The highest BCUT2D eigenvalue weighted by Gasteiger charge is 2.29. The molecule has 3 rings (SSSR count). The molecular formula is C17H22O2. The van der Waals surface area contributed by atoms with Crippen molar-refractivity contribution < 1.29 is 9.53 Å². The number of hydrogen-bond donors (Lipinski definition) is 0. The van der Waals surface area contributed by atoms with Crippen molar-refractivity contribution in [1.29, 1.82) is 0 Å². The Bertz CT molecular complexity index is 478. The lowest BCUT2D eigenvalue weighted by molar-refractivity contribution is -0.123. The summed E-state index contributed by atoms with van der Waals surface area (Å²) in [5, 5.41) is 0. The number of Topliss-reactive ketones (excluding diaryl/α,β-unsaturated/α-hetero) is 1. The summed E-state index contributed by atoms with van der Waals surface area (Å²) < 4.78 is 6.00. The first-order valence-electron chi connectivity index (χ1n) is 7.51. The van der Waals surface area contributed by atoms with Crippen LogP contribution in [0.15, 0.2) is 18.2 Å². The van der Waals surface area contributed by atoms with Crippen LogP contribution in [0.3, 0.4) is 0 Å². The summed E-state index contributed by atoms with van der Waals surface area (Å²) >= 11 is 0. The lowest BCUT2D eigenvalue weighted by atomic mass is 9.91. The molecule has 2 atom stereocenters. The number of ether oxygens (including phenoxy) is 1. The highest BCUT2D eigenvalue weighted by atomic mass is 16.5. The molecule has 2 aliphatic rings. The molecule has 1 fully saturated rings. The average Bonchev–Trinajstić information content (AvgIpc) is 2.66. The third-order valence-corrected chi connectivity index (χ3v) is 4.44. The zero-order valence-electron chi connectivity index (χ0n) is 11.7. The van der Waals surface area contributed by atoms with Crippen molar-refractivity contribution in [3.05, 3.63) is 29.3 Å². The highest BCUT2D eigenvalue weighted by Crippen LogP contribution is 2.34. The van der Waals surface area contributed by atoms with Gasteiger partial charge in [-0.1, -0.05) is 30.5 Å². The molecule has 2 unspecified atom stereocenters. The van der Waals surface area contributed by atoms with E-state index in [-0.39, 0.29) is 12.0 Å². The monoisotopic (exact) mass is 258 g/mol. The van der Waals surface area contributed by atoms with Crippen molar-refractivity contribution in [2.24, 2.45) is 5.92 Å². The van der Waals surface area contributed by atoms with E-state index in [0.29, 0.717) is 5.78 Å². The fourth-order valence-corrected chi connectivity index (χ4v) is 3.38. The first kappa shape index (κ1) is 12.7. The van der Waals surface area contributed by atoms with Crippen LogP contribution in [0.2, 0.25) is 0 Å². The number of hydrogen-bond acceptors (Lipinski definition) is 2. The van der Waals surface area contributed by atoms with Crippen LogP contribution in [0.5, 0.6) is 5.75 Å². The quantitative estimate of drug-likeness (QED) is 0.753. The molecule has 0 aromatic heterocycles. The van der Waals surface area contributed by atoms with Gasteiger partial charge in [0.05, 0.1) is 0 Å². The molecule has 1 aliphatic carbocycles. The van der Waals surface area contributed by atoms with E-state index in [0.717, 1.165) is 37.9 Å². The van der Waals surface area contributed by atoms with Crippen molar-refractivity contribution >= 4 is 5.78 Å². The topological polar surface area (TPSA) is 26.3 Å². The fourth-order valence-electron chi connectivity index (χ4n) is 3.38. The Balaban J connectivity index is 1.64. The van der Waals surface area contributed by atoms with E-state index < -0.39 is 0 Å². The van der Waals surface area contributed by atoms with Gasteiger partial charge in [-0.3, -0.25) is 4.79 Å². The Morgan fingerprint density at radius 3 is 3.05 bits per heavy atom. The van der Waals surface area contributed by atoms with Crippen LogP contribution >= 0.6 is 0 Å². The summed E-state index contributed by atoms with van der Waals surface area (Å²) in [5.74, 6) is 1.73. The average molecular weight is 258 g/mol. The number of benzene rings is 1. The van der Waals surface area contributed by atoms with Crippen LogP contribution in [-0.4, -0.2) is 11.9 Å². The summed E-state index contributed by atoms with van der Waals surface area (Å²) in [7, 11) is 0.